The number of hydrogen-bond donors (Lipinski definition) is 1. The number of hydrogen-bond acceptors (Lipinski definition) is 2. The van der Waals surface area contributed by atoms with Gasteiger partial charge in [-0.25, -0.2) is 0 Å². The molecule has 0 unspecified atom stereocenters. The summed E-state index contributed by atoms with van der Waals surface area (Å²) in [4.78, 5) is 2.46. The Labute approximate surface area is 120 Å². The van der Waals surface area contributed by atoms with E-state index in [2.05, 4.69) is 48.3 Å². The molecule has 2 rings (SSSR count). The van der Waals surface area contributed by atoms with Crippen molar-refractivity contribution in [3.63, 3.8) is 0 Å². The van der Waals surface area contributed by atoms with Crippen LogP contribution in [-0.4, -0.2) is 26.2 Å². The van der Waals surface area contributed by atoms with E-state index in [1.165, 1.54) is 11.3 Å². The van der Waals surface area contributed by atoms with E-state index in [0.29, 0.717) is 5.92 Å². The summed E-state index contributed by atoms with van der Waals surface area (Å²) in [7, 11) is 0. The maximum atomic E-state index is 3.38. The number of benzene rings is 1. The van der Waals surface area contributed by atoms with Crippen molar-refractivity contribution in [2.24, 2.45) is 0 Å². The van der Waals surface area contributed by atoms with Crippen LogP contribution >= 0.6 is 0 Å². The first-order valence-corrected chi connectivity index (χ1v) is 7.83. The second-order valence-electron chi connectivity index (χ2n) is 4.49. The third-order valence-electron chi connectivity index (χ3n) is 3.02. The highest BCUT2D eigenvalue weighted by Crippen LogP contribution is 2.21. The zero-order chi connectivity index (χ0) is 14.7. The van der Waals surface area contributed by atoms with E-state index in [4.69, 9.17) is 0 Å². The molecule has 0 amide bonds. The molecule has 1 aliphatic rings. The summed E-state index contributed by atoms with van der Waals surface area (Å²) >= 11 is 0. The Bertz CT molecular complexity index is 315. The fourth-order valence-electron chi connectivity index (χ4n) is 2.00. The molecule has 1 aromatic rings. The van der Waals surface area contributed by atoms with Crippen molar-refractivity contribution >= 4 is 5.69 Å². The van der Waals surface area contributed by atoms with Gasteiger partial charge in [0.25, 0.3) is 0 Å². The molecule has 1 N–H and O–H groups in total. The molecule has 2 heteroatoms. The SMILES string of the molecule is CC.CC.CC(C)c1cccc(N2CCNCC2)c1. The summed E-state index contributed by atoms with van der Waals surface area (Å²) in [6.45, 7) is 17.0. The van der Waals surface area contributed by atoms with Gasteiger partial charge in [-0.1, -0.05) is 53.7 Å². The molecule has 1 aliphatic heterocycles. The fourth-order valence-corrected chi connectivity index (χ4v) is 2.00. The Hall–Kier alpha value is -1.02. The Balaban J connectivity index is 0.000000741. The molecule has 2 nitrogen and oxygen atoms in total. The fraction of sp³-hybridized carbons (Fsp3) is 0.647. The Kier molecular flexibility index (Phi) is 10.3. The normalized spacial score (nSPS) is 14.2. The van der Waals surface area contributed by atoms with Crippen LogP contribution in [0.5, 0.6) is 0 Å². The molecule has 0 radical (unpaired) electrons. The molecule has 19 heavy (non-hydrogen) atoms. The van der Waals surface area contributed by atoms with Crippen LogP contribution in [0, 0.1) is 0 Å². The van der Waals surface area contributed by atoms with Gasteiger partial charge in [0.15, 0.2) is 0 Å². The van der Waals surface area contributed by atoms with Gasteiger partial charge in [-0.3, -0.25) is 0 Å². The lowest BCUT2D eigenvalue weighted by molar-refractivity contribution is 0.589. The van der Waals surface area contributed by atoms with Gasteiger partial charge < -0.3 is 10.2 Å². The van der Waals surface area contributed by atoms with E-state index in [0.717, 1.165) is 26.2 Å². The van der Waals surface area contributed by atoms with E-state index < -0.39 is 0 Å². The van der Waals surface area contributed by atoms with Gasteiger partial charge in [0.2, 0.25) is 0 Å². The molecule has 1 saturated heterocycles. The van der Waals surface area contributed by atoms with Gasteiger partial charge in [0.05, 0.1) is 0 Å². The Morgan fingerprint density at radius 2 is 1.58 bits per heavy atom. The van der Waals surface area contributed by atoms with Crippen molar-refractivity contribution in [2.45, 2.75) is 47.5 Å². The average Bonchev–Trinajstić information content (AvgIpc) is 2.52. The summed E-state index contributed by atoms with van der Waals surface area (Å²) in [6, 6.07) is 8.94. The molecule has 0 atom stereocenters. The molecule has 0 aliphatic carbocycles. The number of nitrogens with one attached hydrogen (secondary N) is 1. The lowest BCUT2D eigenvalue weighted by Crippen LogP contribution is -2.43. The van der Waals surface area contributed by atoms with Crippen molar-refractivity contribution in [2.75, 3.05) is 31.1 Å². The van der Waals surface area contributed by atoms with Crippen LogP contribution in [0.2, 0.25) is 0 Å². The maximum absolute atomic E-state index is 3.38. The Morgan fingerprint density at radius 1 is 1.00 bits per heavy atom. The summed E-state index contributed by atoms with van der Waals surface area (Å²) in [5.41, 5.74) is 2.81. The van der Waals surface area contributed by atoms with Gasteiger partial charge in [-0.05, 0) is 23.6 Å². The first-order chi connectivity index (χ1) is 9.27. The van der Waals surface area contributed by atoms with Crippen LogP contribution in [-0.2, 0) is 0 Å². The predicted molar refractivity (Wildman–Crippen MR) is 88.3 cm³/mol. The van der Waals surface area contributed by atoms with E-state index >= 15 is 0 Å². The molecule has 1 aromatic carbocycles. The molecule has 0 saturated carbocycles. The molecule has 110 valence electrons. The molecular weight excluding hydrogens is 232 g/mol. The van der Waals surface area contributed by atoms with Gasteiger partial charge in [0, 0.05) is 31.9 Å². The minimum atomic E-state index is 0.618. The van der Waals surface area contributed by atoms with Crippen LogP contribution in [0.3, 0.4) is 0 Å². The summed E-state index contributed by atoms with van der Waals surface area (Å²) in [5.74, 6) is 0.618. The summed E-state index contributed by atoms with van der Waals surface area (Å²) < 4.78 is 0. The highest BCUT2D eigenvalue weighted by atomic mass is 15.2. The van der Waals surface area contributed by atoms with Crippen LogP contribution in [0.25, 0.3) is 0 Å². The zero-order valence-electron chi connectivity index (χ0n) is 13.7. The quantitative estimate of drug-likeness (QED) is 0.858. The standard InChI is InChI=1S/C13H20N2.2C2H6/c1-11(2)12-4-3-5-13(10-12)15-8-6-14-7-9-15;2*1-2/h3-5,10-11,14H,6-9H2,1-2H3;2*1-2H3. The third kappa shape index (κ3) is 6.11. The minimum absolute atomic E-state index is 0.618. The van der Waals surface area contributed by atoms with Gasteiger partial charge in [0.1, 0.15) is 0 Å². The molecular formula is C17H32N2. The van der Waals surface area contributed by atoms with Crippen LogP contribution in [0.15, 0.2) is 24.3 Å². The number of piperazine rings is 1. The van der Waals surface area contributed by atoms with Gasteiger partial charge in [-0.15, -0.1) is 0 Å². The number of nitrogens with zero attached hydrogens (tertiary/aromatic N) is 1. The van der Waals surface area contributed by atoms with E-state index in [9.17, 15) is 0 Å². The highest BCUT2D eigenvalue weighted by molar-refractivity contribution is 5.49. The monoisotopic (exact) mass is 264 g/mol. The van der Waals surface area contributed by atoms with Gasteiger partial charge in [-0.2, -0.15) is 0 Å². The molecule has 0 bridgehead atoms. The highest BCUT2D eigenvalue weighted by Gasteiger charge is 2.10. The van der Waals surface area contributed by atoms with E-state index in [1.54, 1.807) is 0 Å². The van der Waals surface area contributed by atoms with Crippen LogP contribution in [0.1, 0.15) is 53.0 Å². The third-order valence-corrected chi connectivity index (χ3v) is 3.02. The second kappa shape index (κ2) is 10.9. The van der Waals surface area contributed by atoms with E-state index in [1.807, 2.05) is 27.7 Å². The van der Waals surface area contributed by atoms with Crippen molar-refractivity contribution in [3.05, 3.63) is 29.8 Å². The largest absolute Gasteiger partial charge is 0.369 e. The summed E-state index contributed by atoms with van der Waals surface area (Å²) in [5, 5.41) is 3.38. The number of anilines is 1. The lowest BCUT2D eigenvalue weighted by atomic mass is 10.0. The summed E-state index contributed by atoms with van der Waals surface area (Å²) in [6.07, 6.45) is 0. The van der Waals surface area contributed by atoms with Crippen LogP contribution in [0.4, 0.5) is 5.69 Å². The Morgan fingerprint density at radius 3 is 2.11 bits per heavy atom. The molecule has 1 heterocycles. The predicted octanol–water partition coefficient (Wildman–Crippen LogP) is 4.27. The van der Waals surface area contributed by atoms with Crippen molar-refractivity contribution < 1.29 is 0 Å². The maximum Gasteiger partial charge on any atom is 0.0369 e. The number of rotatable bonds is 2. The topological polar surface area (TPSA) is 15.3 Å². The van der Waals surface area contributed by atoms with Crippen molar-refractivity contribution in [3.8, 4) is 0 Å². The lowest BCUT2D eigenvalue weighted by Gasteiger charge is -2.30. The molecule has 1 fully saturated rings. The second-order valence-corrected chi connectivity index (χ2v) is 4.49. The van der Waals surface area contributed by atoms with Crippen LogP contribution < -0.4 is 10.2 Å². The van der Waals surface area contributed by atoms with Crippen molar-refractivity contribution in [1.82, 2.24) is 5.32 Å². The zero-order valence-corrected chi connectivity index (χ0v) is 13.7. The first-order valence-electron chi connectivity index (χ1n) is 7.83. The smallest absolute Gasteiger partial charge is 0.0369 e. The van der Waals surface area contributed by atoms with Crippen molar-refractivity contribution in [1.29, 1.82) is 0 Å². The minimum Gasteiger partial charge on any atom is -0.369 e. The first kappa shape index (κ1) is 18.0. The molecule has 0 spiro atoms. The molecule has 0 aromatic heterocycles. The average molecular weight is 264 g/mol. The van der Waals surface area contributed by atoms with E-state index in [-0.39, 0.29) is 0 Å². The van der Waals surface area contributed by atoms with Gasteiger partial charge >= 0.3 is 0 Å².